The maximum absolute atomic E-state index is 13.2. The van der Waals surface area contributed by atoms with E-state index in [1.165, 1.54) is 27.7 Å². The highest BCUT2D eigenvalue weighted by Gasteiger charge is 2.59. The molecule has 0 bridgehead atoms. The summed E-state index contributed by atoms with van der Waals surface area (Å²) in [6.45, 7) is 4.76. The Morgan fingerprint density at radius 3 is 1.06 bits per heavy atom. The monoisotopic (exact) mass is 492 g/mol. The van der Waals surface area contributed by atoms with Crippen LogP contribution in [0.5, 0.6) is 0 Å². The molecular weight excluding hydrogens is 470 g/mol. The fraction of sp³-hybridized carbons (Fsp3) is 0.778. The van der Waals surface area contributed by atoms with E-state index in [1.54, 1.807) is 0 Å². The molecule has 0 aliphatic carbocycles. The average Bonchev–Trinajstić information content (AvgIpc) is 2.56. The van der Waals surface area contributed by atoms with Gasteiger partial charge in [-0.15, -0.1) is 0 Å². The van der Waals surface area contributed by atoms with Crippen molar-refractivity contribution >= 4 is 11.9 Å². The third-order valence-electron chi connectivity index (χ3n) is 4.12. The third-order valence-corrected chi connectivity index (χ3v) is 4.12. The predicted molar refractivity (Wildman–Crippen MR) is 89.8 cm³/mol. The van der Waals surface area contributed by atoms with Crippen molar-refractivity contribution in [3.05, 3.63) is 12.2 Å². The quantitative estimate of drug-likeness (QED) is 0.218. The highest BCUT2D eigenvalue weighted by molar-refractivity contribution is 5.91. The van der Waals surface area contributed by atoms with Gasteiger partial charge in [-0.1, -0.05) is 27.7 Å². The number of hydrogen-bond acceptors (Lipinski definition) is 4. The molecule has 0 aromatic heterocycles. The van der Waals surface area contributed by atoms with Gasteiger partial charge in [0.05, 0.1) is 12.8 Å². The normalized spacial score (nSPS) is 15.9. The first-order valence-corrected chi connectivity index (χ1v) is 9.09. The zero-order valence-electron chi connectivity index (χ0n) is 17.3. The van der Waals surface area contributed by atoms with Crippen LogP contribution in [-0.4, -0.2) is 48.3 Å². The lowest BCUT2D eigenvalue weighted by Crippen LogP contribution is -2.42. The Balaban J connectivity index is 5.15. The molecule has 32 heavy (non-hydrogen) atoms. The number of carbonyl (C=O) groups excluding carboxylic acids is 2. The van der Waals surface area contributed by atoms with E-state index in [1.807, 2.05) is 0 Å². The van der Waals surface area contributed by atoms with Crippen molar-refractivity contribution in [2.45, 2.75) is 76.9 Å². The Hall–Kier alpha value is -2.02. The van der Waals surface area contributed by atoms with Crippen LogP contribution in [0.3, 0.4) is 0 Å². The fourth-order valence-electron chi connectivity index (χ4n) is 2.08. The molecule has 2 atom stereocenters. The Morgan fingerprint density at radius 2 is 0.875 bits per heavy atom. The van der Waals surface area contributed by atoms with E-state index in [0.717, 1.165) is 0 Å². The number of carbonyl (C=O) groups is 2. The SMILES string of the molecule is CC(C)C(CC(F)(F)C(F)(F)F)OC(=O)/C=C/C(=O)OC(CC(F)(F)C(F)(F)F)C(C)C. The molecule has 0 saturated carbocycles. The van der Waals surface area contributed by atoms with Crippen molar-refractivity contribution in [2.75, 3.05) is 0 Å². The number of esters is 2. The van der Waals surface area contributed by atoms with E-state index in [4.69, 9.17) is 0 Å². The molecule has 0 aliphatic rings. The zero-order chi connectivity index (χ0) is 25.7. The summed E-state index contributed by atoms with van der Waals surface area (Å²) in [6, 6.07) is 0. The van der Waals surface area contributed by atoms with Gasteiger partial charge in [0, 0.05) is 12.2 Å². The minimum atomic E-state index is -5.89. The molecule has 4 nitrogen and oxygen atoms in total. The lowest BCUT2D eigenvalue weighted by molar-refractivity contribution is -0.291. The molecule has 2 unspecified atom stereocenters. The van der Waals surface area contributed by atoms with Gasteiger partial charge in [0.1, 0.15) is 12.2 Å². The average molecular weight is 492 g/mol. The Morgan fingerprint density at radius 1 is 0.625 bits per heavy atom. The largest absolute Gasteiger partial charge is 0.459 e. The molecule has 0 fully saturated rings. The van der Waals surface area contributed by atoms with Crippen LogP contribution in [-0.2, 0) is 19.1 Å². The summed E-state index contributed by atoms with van der Waals surface area (Å²) in [5.41, 5.74) is 0. The van der Waals surface area contributed by atoms with Gasteiger partial charge in [-0.3, -0.25) is 0 Å². The summed E-state index contributed by atoms with van der Waals surface area (Å²) in [7, 11) is 0. The van der Waals surface area contributed by atoms with Crippen LogP contribution in [0.1, 0.15) is 40.5 Å². The van der Waals surface area contributed by atoms with Gasteiger partial charge in [-0.25, -0.2) is 9.59 Å². The van der Waals surface area contributed by atoms with E-state index in [-0.39, 0.29) is 12.2 Å². The summed E-state index contributed by atoms with van der Waals surface area (Å²) in [6.07, 6.45) is -18.8. The Kier molecular flexibility index (Phi) is 10.1. The van der Waals surface area contributed by atoms with Crippen LogP contribution < -0.4 is 0 Å². The van der Waals surface area contributed by atoms with Gasteiger partial charge < -0.3 is 9.47 Å². The maximum Gasteiger partial charge on any atom is 0.453 e. The maximum atomic E-state index is 13.2. The Labute approximate surface area is 176 Å². The van der Waals surface area contributed by atoms with E-state index in [9.17, 15) is 53.5 Å². The number of halogens is 10. The molecular formula is C18H22F10O4. The van der Waals surface area contributed by atoms with Crippen LogP contribution in [0.15, 0.2) is 12.2 Å². The summed E-state index contributed by atoms with van der Waals surface area (Å²) in [5.74, 6) is -15.4. The van der Waals surface area contributed by atoms with Crippen molar-refractivity contribution in [1.29, 1.82) is 0 Å². The van der Waals surface area contributed by atoms with Crippen molar-refractivity contribution in [2.24, 2.45) is 11.8 Å². The smallest absolute Gasteiger partial charge is 0.453 e. The van der Waals surface area contributed by atoms with Gasteiger partial charge >= 0.3 is 36.1 Å². The van der Waals surface area contributed by atoms with Crippen LogP contribution in [0.4, 0.5) is 43.9 Å². The first kappa shape index (κ1) is 30.0. The lowest BCUT2D eigenvalue weighted by Gasteiger charge is -2.27. The molecule has 0 aromatic carbocycles. The molecule has 0 radical (unpaired) electrons. The van der Waals surface area contributed by atoms with Crippen molar-refractivity contribution in [1.82, 2.24) is 0 Å². The van der Waals surface area contributed by atoms with Gasteiger partial charge in [0.25, 0.3) is 0 Å². The number of hydrogen-bond donors (Lipinski definition) is 0. The molecule has 0 aliphatic heterocycles. The second kappa shape index (κ2) is 10.7. The summed E-state index contributed by atoms with van der Waals surface area (Å²) >= 11 is 0. The fourth-order valence-corrected chi connectivity index (χ4v) is 2.08. The van der Waals surface area contributed by atoms with Crippen LogP contribution in [0, 0.1) is 11.8 Å². The van der Waals surface area contributed by atoms with E-state index >= 15 is 0 Å². The van der Waals surface area contributed by atoms with Crippen LogP contribution in [0.2, 0.25) is 0 Å². The number of alkyl halides is 10. The van der Waals surface area contributed by atoms with Gasteiger partial charge in [-0.2, -0.15) is 43.9 Å². The molecule has 188 valence electrons. The molecule has 0 amide bonds. The topological polar surface area (TPSA) is 52.6 Å². The first-order chi connectivity index (χ1) is 14.1. The highest BCUT2D eigenvalue weighted by Crippen LogP contribution is 2.41. The van der Waals surface area contributed by atoms with Crippen molar-refractivity contribution in [3.63, 3.8) is 0 Å². The third kappa shape index (κ3) is 9.23. The van der Waals surface area contributed by atoms with E-state index in [2.05, 4.69) is 9.47 Å². The van der Waals surface area contributed by atoms with Crippen LogP contribution in [0.25, 0.3) is 0 Å². The predicted octanol–water partition coefficient (Wildman–Crippen LogP) is 5.85. The number of ether oxygens (including phenoxy) is 2. The summed E-state index contributed by atoms with van der Waals surface area (Å²) in [4.78, 5) is 23.3. The van der Waals surface area contributed by atoms with Crippen molar-refractivity contribution in [3.8, 4) is 0 Å². The number of rotatable bonds is 10. The second-order valence-electron chi connectivity index (χ2n) is 7.58. The zero-order valence-corrected chi connectivity index (χ0v) is 17.3. The first-order valence-electron chi connectivity index (χ1n) is 9.09. The van der Waals surface area contributed by atoms with Gasteiger partial charge in [0.2, 0.25) is 0 Å². The van der Waals surface area contributed by atoms with Gasteiger partial charge in [0.15, 0.2) is 0 Å². The lowest BCUT2D eigenvalue weighted by atomic mass is 10.00. The van der Waals surface area contributed by atoms with Crippen LogP contribution >= 0.6 is 0 Å². The Bertz CT molecular complexity index is 610. The minimum absolute atomic E-state index is 0.267. The molecule has 0 N–H and O–H groups in total. The minimum Gasteiger partial charge on any atom is -0.459 e. The van der Waals surface area contributed by atoms with Gasteiger partial charge in [-0.05, 0) is 11.8 Å². The molecule has 14 heteroatoms. The van der Waals surface area contributed by atoms with E-state index < -0.39 is 73.0 Å². The summed E-state index contributed by atoms with van der Waals surface area (Å²) < 4.78 is 136. The molecule has 0 aromatic rings. The van der Waals surface area contributed by atoms with Crippen molar-refractivity contribution < 1.29 is 63.0 Å². The molecule has 0 spiro atoms. The molecule has 0 rings (SSSR count). The highest BCUT2D eigenvalue weighted by atomic mass is 19.4. The van der Waals surface area contributed by atoms with E-state index in [0.29, 0.717) is 0 Å². The summed E-state index contributed by atoms with van der Waals surface area (Å²) in [5, 5.41) is 0. The molecule has 0 saturated heterocycles. The standard InChI is InChI=1S/C18H22F10O4/c1-9(2)11(7-15(19,20)17(23,24)25)31-13(29)5-6-14(30)32-12(10(3)4)8-16(21,22)18(26,27)28/h5-6,9-12H,7-8H2,1-4H3/b6-5+. The second-order valence-corrected chi connectivity index (χ2v) is 7.58. The molecule has 0 heterocycles.